The molecule has 1 heterocycles. The summed E-state index contributed by atoms with van der Waals surface area (Å²) in [6.07, 6.45) is 0. The molecule has 5 nitrogen and oxygen atoms in total. The lowest BCUT2D eigenvalue weighted by molar-refractivity contribution is -0.0180. The topological polar surface area (TPSA) is 54.0 Å². The Morgan fingerprint density at radius 2 is 1.82 bits per heavy atom. The van der Waals surface area contributed by atoms with E-state index in [1.54, 1.807) is 36.4 Å². The van der Waals surface area contributed by atoms with Crippen molar-refractivity contribution in [3.8, 4) is 17.2 Å². The summed E-state index contributed by atoms with van der Waals surface area (Å²) in [5, 5.41) is 0.534. The Bertz CT molecular complexity index is 987. The molecule has 1 aliphatic heterocycles. The molecule has 4 rings (SSSR count). The lowest BCUT2D eigenvalue weighted by Gasteiger charge is -2.21. The number of benzene rings is 3. The van der Waals surface area contributed by atoms with Crippen LogP contribution in [0.3, 0.4) is 0 Å². The highest BCUT2D eigenvalue weighted by Gasteiger charge is 2.19. The van der Waals surface area contributed by atoms with Crippen molar-refractivity contribution >= 4 is 17.6 Å². The van der Waals surface area contributed by atoms with E-state index in [0.717, 1.165) is 5.56 Å². The predicted octanol–water partition coefficient (Wildman–Crippen LogP) is 5.36. The quantitative estimate of drug-likeness (QED) is 0.544. The number of hydrogen-bond donors (Lipinski definition) is 0. The third-order valence-corrected chi connectivity index (χ3v) is 4.41. The minimum atomic E-state index is -0.493. The second kappa shape index (κ2) is 8.33. The molecule has 3 aromatic rings. The highest BCUT2D eigenvalue weighted by atomic mass is 35.5. The average molecular weight is 397 g/mol. The molecule has 3 aromatic carbocycles. The summed E-state index contributed by atoms with van der Waals surface area (Å²) in [6.45, 7) is 0.593. The van der Waals surface area contributed by atoms with E-state index in [9.17, 15) is 4.79 Å². The molecule has 1 aliphatic rings. The molecule has 142 valence electrons. The number of carbonyl (C=O) groups excluding carboxylic acids is 1. The van der Waals surface area contributed by atoms with Crippen LogP contribution in [0.1, 0.15) is 21.5 Å². The summed E-state index contributed by atoms with van der Waals surface area (Å²) in [6, 6.07) is 19.7. The molecule has 0 atom stereocenters. The third kappa shape index (κ3) is 4.11. The monoisotopic (exact) mass is 396 g/mol. The standard InChI is InChI=1S/C22H17ClO5/c23-17-10-15-12-25-14-27-21(15)16(11-17)13-26-22(24)19-8-4-5-9-20(19)28-18-6-2-1-3-7-18/h1-11H,12-14H2. The number of para-hydroxylation sites is 2. The predicted molar refractivity (Wildman–Crippen MR) is 104 cm³/mol. The van der Waals surface area contributed by atoms with Crippen molar-refractivity contribution in [3.63, 3.8) is 0 Å². The van der Waals surface area contributed by atoms with E-state index in [1.807, 2.05) is 30.3 Å². The molecule has 0 amide bonds. The Kier molecular flexibility index (Phi) is 5.46. The van der Waals surface area contributed by atoms with Crippen LogP contribution in [-0.2, 0) is 22.7 Å². The fourth-order valence-electron chi connectivity index (χ4n) is 2.92. The Hall–Kier alpha value is -3.02. The first kappa shape index (κ1) is 18.3. The van der Waals surface area contributed by atoms with Gasteiger partial charge >= 0.3 is 5.97 Å². The van der Waals surface area contributed by atoms with Crippen LogP contribution in [0.4, 0.5) is 0 Å². The Balaban J connectivity index is 1.52. The van der Waals surface area contributed by atoms with E-state index >= 15 is 0 Å². The minimum absolute atomic E-state index is 0.0292. The molecule has 6 heteroatoms. The van der Waals surface area contributed by atoms with E-state index in [1.165, 1.54) is 0 Å². The minimum Gasteiger partial charge on any atom is -0.467 e. The van der Waals surface area contributed by atoms with Crippen molar-refractivity contribution in [2.75, 3.05) is 6.79 Å². The summed E-state index contributed by atoms with van der Waals surface area (Å²) >= 11 is 6.16. The summed E-state index contributed by atoms with van der Waals surface area (Å²) in [5.74, 6) is 1.22. The summed E-state index contributed by atoms with van der Waals surface area (Å²) in [7, 11) is 0. The van der Waals surface area contributed by atoms with Gasteiger partial charge in [0, 0.05) is 16.1 Å². The van der Waals surface area contributed by atoms with Gasteiger partial charge in [-0.1, -0.05) is 41.9 Å². The Morgan fingerprint density at radius 3 is 2.68 bits per heavy atom. The first-order valence-corrected chi connectivity index (χ1v) is 9.09. The lowest BCUT2D eigenvalue weighted by Crippen LogP contribution is -2.14. The molecular weight excluding hydrogens is 380 g/mol. The van der Waals surface area contributed by atoms with E-state index in [-0.39, 0.29) is 13.4 Å². The zero-order valence-electron chi connectivity index (χ0n) is 14.9. The molecule has 0 unspecified atom stereocenters. The van der Waals surface area contributed by atoms with Crippen molar-refractivity contribution in [1.82, 2.24) is 0 Å². The van der Waals surface area contributed by atoms with Crippen molar-refractivity contribution < 1.29 is 23.7 Å². The number of hydrogen-bond acceptors (Lipinski definition) is 5. The van der Waals surface area contributed by atoms with E-state index in [0.29, 0.717) is 40.0 Å². The van der Waals surface area contributed by atoms with Crippen LogP contribution in [0.2, 0.25) is 5.02 Å². The van der Waals surface area contributed by atoms with Crippen molar-refractivity contribution in [2.24, 2.45) is 0 Å². The van der Waals surface area contributed by atoms with Gasteiger partial charge in [-0.05, 0) is 36.4 Å². The van der Waals surface area contributed by atoms with Crippen molar-refractivity contribution in [3.05, 3.63) is 88.4 Å². The van der Waals surface area contributed by atoms with Crippen LogP contribution in [0.15, 0.2) is 66.7 Å². The van der Waals surface area contributed by atoms with Crippen molar-refractivity contribution in [1.29, 1.82) is 0 Å². The molecular formula is C22H17ClO5. The molecule has 0 aliphatic carbocycles. The molecule has 0 aromatic heterocycles. The van der Waals surface area contributed by atoms with Crippen LogP contribution < -0.4 is 9.47 Å². The van der Waals surface area contributed by atoms with E-state index < -0.39 is 5.97 Å². The third-order valence-electron chi connectivity index (χ3n) is 4.19. The summed E-state index contributed by atoms with van der Waals surface area (Å²) in [5.41, 5.74) is 1.87. The first-order chi connectivity index (χ1) is 13.7. The normalized spacial score (nSPS) is 12.6. The molecule has 0 saturated carbocycles. The second-order valence-corrected chi connectivity index (χ2v) is 6.59. The fourth-order valence-corrected chi connectivity index (χ4v) is 3.19. The summed E-state index contributed by atoms with van der Waals surface area (Å²) in [4.78, 5) is 12.7. The molecule has 28 heavy (non-hydrogen) atoms. The largest absolute Gasteiger partial charge is 0.467 e. The van der Waals surface area contributed by atoms with Gasteiger partial charge in [0.1, 0.15) is 29.4 Å². The van der Waals surface area contributed by atoms with E-state index in [4.69, 9.17) is 30.5 Å². The fraction of sp³-hybridized carbons (Fsp3) is 0.136. The van der Waals surface area contributed by atoms with E-state index in [2.05, 4.69) is 0 Å². The van der Waals surface area contributed by atoms with Gasteiger partial charge in [-0.15, -0.1) is 0 Å². The molecule has 0 fully saturated rings. The number of carbonyl (C=O) groups is 1. The number of ether oxygens (including phenoxy) is 4. The smallest absolute Gasteiger partial charge is 0.342 e. The molecule has 0 bridgehead atoms. The number of fused-ring (bicyclic) bond motifs is 1. The SMILES string of the molecule is O=C(OCc1cc(Cl)cc2c1OCOC2)c1ccccc1Oc1ccccc1. The second-order valence-electron chi connectivity index (χ2n) is 6.15. The van der Waals surface area contributed by atoms with Gasteiger partial charge in [0.05, 0.1) is 6.61 Å². The summed E-state index contributed by atoms with van der Waals surface area (Å²) < 4.78 is 22.2. The maximum absolute atomic E-state index is 12.7. The number of esters is 1. The highest BCUT2D eigenvalue weighted by Crippen LogP contribution is 2.32. The zero-order valence-corrected chi connectivity index (χ0v) is 15.6. The van der Waals surface area contributed by atoms with Crippen LogP contribution in [0.5, 0.6) is 17.2 Å². The Morgan fingerprint density at radius 1 is 1.04 bits per heavy atom. The maximum atomic E-state index is 12.7. The van der Waals surface area contributed by atoms with Gasteiger partial charge in [-0.3, -0.25) is 0 Å². The van der Waals surface area contributed by atoms with Gasteiger partial charge in [-0.25, -0.2) is 4.79 Å². The van der Waals surface area contributed by atoms with Crippen LogP contribution in [-0.4, -0.2) is 12.8 Å². The van der Waals surface area contributed by atoms with Crippen LogP contribution >= 0.6 is 11.6 Å². The van der Waals surface area contributed by atoms with Gasteiger partial charge in [0.2, 0.25) is 0 Å². The molecule has 0 N–H and O–H groups in total. The number of rotatable bonds is 5. The maximum Gasteiger partial charge on any atom is 0.342 e. The van der Waals surface area contributed by atoms with Crippen molar-refractivity contribution in [2.45, 2.75) is 13.2 Å². The lowest BCUT2D eigenvalue weighted by atomic mass is 10.1. The average Bonchev–Trinajstić information content (AvgIpc) is 2.73. The van der Waals surface area contributed by atoms with Gasteiger partial charge in [0.15, 0.2) is 6.79 Å². The van der Waals surface area contributed by atoms with Gasteiger partial charge in [0.25, 0.3) is 0 Å². The molecule has 0 spiro atoms. The van der Waals surface area contributed by atoms with Crippen LogP contribution in [0, 0.1) is 0 Å². The molecule has 0 saturated heterocycles. The highest BCUT2D eigenvalue weighted by molar-refractivity contribution is 6.30. The zero-order chi connectivity index (χ0) is 19.3. The van der Waals surface area contributed by atoms with Crippen LogP contribution in [0.25, 0.3) is 0 Å². The number of halogens is 1. The van der Waals surface area contributed by atoms with Gasteiger partial charge < -0.3 is 18.9 Å². The first-order valence-electron chi connectivity index (χ1n) is 8.71. The van der Waals surface area contributed by atoms with Gasteiger partial charge in [-0.2, -0.15) is 0 Å². The Labute approximate surface area is 167 Å². The molecule has 0 radical (unpaired) electrons.